The van der Waals surface area contributed by atoms with Gasteiger partial charge in [0.1, 0.15) is 11.6 Å². The number of fused-ring (bicyclic) bond motifs is 2. The van der Waals surface area contributed by atoms with Crippen molar-refractivity contribution in [2.24, 2.45) is 5.92 Å². The van der Waals surface area contributed by atoms with Crippen LogP contribution < -0.4 is 10.2 Å². The minimum atomic E-state index is 0.0972. The van der Waals surface area contributed by atoms with Gasteiger partial charge in [0.2, 0.25) is 5.91 Å². The molecule has 0 saturated heterocycles. The average molecular weight is 348 g/mol. The minimum absolute atomic E-state index is 0.0972. The van der Waals surface area contributed by atoms with Gasteiger partial charge in [-0.25, -0.2) is 9.97 Å². The summed E-state index contributed by atoms with van der Waals surface area (Å²) >= 11 is 0. The first kappa shape index (κ1) is 15.3. The number of rotatable bonds is 3. The molecule has 1 aliphatic carbocycles. The van der Waals surface area contributed by atoms with E-state index >= 15 is 0 Å². The minimum Gasteiger partial charge on any atom is -0.364 e. The maximum atomic E-state index is 12.8. The molecule has 0 bridgehead atoms. The molecule has 3 heterocycles. The molecular formula is C19H20N6O. The van der Waals surface area contributed by atoms with Crippen molar-refractivity contribution < 1.29 is 4.79 Å². The van der Waals surface area contributed by atoms with Crippen LogP contribution in [0.25, 0.3) is 11.0 Å². The van der Waals surface area contributed by atoms with Crippen LogP contribution in [0.1, 0.15) is 24.2 Å². The highest BCUT2D eigenvalue weighted by atomic mass is 16.2. The zero-order valence-corrected chi connectivity index (χ0v) is 14.6. The molecule has 7 heteroatoms. The van der Waals surface area contributed by atoms with Crippen LogP contribution >= 0.6 is 0 Å². The zero-order valence-electron chi connectivity index (χ0n) is 14.6. The Balaban J connectivity index is 1.48. The molecule has 1 aliphatic heterocycles. The van der Waals surface area contributed by atoms with Gasteiger partial charge < -0.3 is 10.2 Å². The van der Waals surface area contributed by atoms with Crippen molar-refractivity contribution >= 4 is 28.4 Å². The number of aryl methyl sites for hydroxylation is 1. The first-order valence-corrected chi connectivity index (χ1v) is 9.02. The number of hydrogen-bond acceptors (Lipinski definition) is 5. The van der Waals surface area contributed by atoms with Gasteiger partial charge in [0, 0.05) is 24.2 Å². The molecular weight excluding hydrogens is 328 g/mol. The van der Waals surface area contributed by atoms with E-state index in [2.05, 4.69) is 37.6 Å². The Morgan fingerprint density at radius 2 is 2.12 bits per heavy atom. The number of benzene rings is 1. The molecule has 1 saturated carbocycles. The van der Waals surface area contributed by atoms with E-state index in [-0.39, 0.29) is 17.9 Å². The molecule has 3 aromatic rings. The monoisotopic (exact) mass is 348 g/mol. The van der Waals surface area contributed by atoms with Gasteiger partial charge in [-0.1, -0.05) is 18.2 Å². The van der Waals surface area contributed by atoms with Gasteiger partial charge in [0.15, 0.2) is 5.65 Å². The smallest absolute Gasteiger partial charge is 0.230 e. The summed E-state index contributed by atoms with van der Waals surface area (Å²) in [7, 11) is 0. The summed E-state index contributed by atoms with van der Waals surface area (Å²) < 4.78 is 0. The highest BCUT2D eigenvalue weighted by Gasteiger charge is 2.37. The number of aromatic amines is 1. The van der Waals surface area contributed by atoms with Crippen molar-refractivity contribution in [2.45, 2.75) is 32.2 Å². The van der Waals surface area contributed by atoms with E-state index in [0.717, 1.165) is 41.8 Å². The lowest BCUT2D eigenvalue weighted by Crippen LogP contribution is -2.46. The molecule has 1 aromatic carbocycles. The Bertz CT molecular complexity index is 993. The number of hydrogen-bond donors (Lipinski definition) is 2. The van der Waals surface area contributed by atoms with E-state index in [1.807, 2.05) is 24.0 Å². The molecule has 2 N–H and O–H groups in total. The Morgan fingerprint density at radius 1 is 1.27 bits per heavy atom. The average Bonchev–Trinajstić information content (AvgIpc) is 3.38. The number of nitrogens with zero attached hydrogens (tertiary/aromatic N) is 4. The number of H-pyrrole nitrogens is 1. The first-order valence-electron chi connectivity index (χ1n) is 9.02. The van der Waals surface area contributed by atoms with Crippen LogP contribution in [-0.2, 0) is 11.2 Å². The number of nitrogens with one attached hydrogen (secondary N) is 2. The Kier molecular flexibility index (Phi) is 3.41. The van der Waals surface area contributed by atoms with Crippen molar-refractivity contribution in [1.82, 2.24) is 20.2 Å². The Hall–Kier alpha value is -2.96. The third kappa shape index (κ3) is 2.60. The second-order valence-corrected chi connectivity index (χ2v) is 7.15. The lowest BCUT2D eigenvalue weighted by atomic mass is 9.97. The standard InChI is InChI=1S/C19H20N6O/c1-11-21-17(15-9-20-24-18(15)22-11)23-14-8-13-4-2-3-5-16(13)25(10-14)19(26)12-6-7-12/h2-5,9,12,14H,6-8,10H2,1H3,(H2,20,21,22,23,24). The number of aromatic nitrogens is 4. The van der Waals surface area contributed by atoms with E-state index in [1.165, 1.54) is 5.56 Å². The van der Waals surface area contributed by atoms with Crippen LogP contribution in [0.3, 0.4) is 0 Å². The summed E-state index contributed by atoms with van der Waals surface area (Å²) in [5.74, 6) is 1.90. The number of carbonyl (C=O) groups is 1. The fourth-order valence-corrected chi connectivity index (χ4v) is 3.70. The second kappa shape index (κ2) is 5.79. The van der Waals surface area contributed by atoms with Gasteiger partial charge in [-0.3, -0.25) is 9.89 Å². The van der Waals surface area contributed by atoms with Crippen molar-refractivity contribution in [3.63, 3.8) is 0 Å². The summed E-state index contributed by atoms with van der Waals surface area (Å²) in [5, 5.41) is 11.4. The molecule has 132 valence electrons. The largest absolute Gasteiger partial charge is 0.364 e. The van der Waals surface area contributed by atoms with Gasteiger partial charge in [0.25, 0.3) is 0 Å². The number of carbonyl (C=O) groups excluding carboxylic acids is 1. The van der Waals surface area contributed by atoms with Crippen LogP contribution in [0.4, 0.5) is 11.5 Å². The van der Waals surface area contributed by atoms with Crippen molar-refractivity contribution in [3.8, 4) is 0 Å². The van der Waals surface area contributed by atoms with Crippen LogP contribution in [0.15, 0.2) is 30.5 Å². The molecule has 0 spiro atoms. The fraction of sp³-hybridized carbons (Fsp3) is 0.368. The zero-order chi connectivity index (χ0) is 17.7. The van der Waals surface area contributed by atoms with Gasteiger partial charge in [0.05, 0.1) is 11.6 Å². The van der Waals surface area contributed by atoms with Crippen molar-refractivity contribution in [3.05, 3.63) is 41.9 Å². The third-order valence-electron chi connectivity index (χ3n) is 5.11. The van der Waals surface area contributed by atoms with Crippen LogP contribution in [0.2, 0.25) is 0 Å². The molecule has 26 heavy (non-hydrogen) atoms. The Labute approximate surface area is 150 Å². The number of amides is 1. The van der Waals surface area contributed by atoms with Crippen molar-refractivity contribution in [2.75, 3.05) is 16.8 Å². The van der Waals surface area contributed by atoms with Gasteiger partial charge in [-0.2, -0.15) is 5.10 Å². The van der Waals surface area contributed by atoms with Gasteiger partial charge in [-0.15, -0.1) is 0 Å². The summed E-state index contributed by atoms with van der Waals surface area (Å²) in [4.78, 5) is 23.7. The third-order valence-corrected chi connectivity index (χ3v) is 5.11. The van der Waals surface area contributed by atoms with E-state index in [1.54, 1.807) is 6.20 Å². The summed E-state index contributed by atoms with van der Waals surface area (Å²) in [6.45, 7) is 2.51. The number of anilines is 2. The number of para-hydroxylation sites is 1. The first-order chi connectivity index (χ1) is 12.7. The lowest BCUT2D eigenvalue weighted by Gasteiger charge is -2.35. The molecule has 1 fully saturated rings. The van der Waals surface area contributed by atoms with Gasteiger partial charge >= 0.3 is 0 Å². The molecule has 1 amide bonds. The summed E-state index contributed by atoms with van der Waals surface area (Å²) in [5.41, 5.74) is 2.97. The SMILES string of the molecule is Cc1nc(NC2Cc3ccccc3N(C(=O)C3CC3)C2)c2cn[nH]c2n1. The normalized spacial score (nSPS) is 19.4. The molecule has 0 radical (unpaired) electrons. The van der Waals surface area contributed by atoms with Crippen LogP contribution in [-0.4, -0.2) is 38.7 Å². The van der Waals surface area contributed by atoms with Crippen molar-refractivity contribution in [1.29, 1.82) is 0 Å². The van der Waals surface area contributed by atoms with E-state index in [9.17, 15) is 4.79 Å². The second-order valence-electron chi connectivity index (χ2n) is 7.15. The quantitative estimate of drug-likeness (QED) is 0.759. The predicted molar refractivity (Wildman–Crippen MR) is 99.1 cm³/mol. The van der Waals surface area contributed by atoms with Crippen LogP contribution in [0.5, 0.6) is 0 Å². The van der Waals surface area contributed by atoms with Gasteiger partial charge in [-0.05, 0) is 37.8 Å². The van der Waals surface area contributed by atoms with E-state index < -0.39 is 0 Å². The predicted octanol–water partition coefficient (Wildman–Crippen LogP) is 2.44. The molecule has 7 nitrogen and oxygen atoms in total. The molecule has 1 atom stereocenters. The summed E-state index contributed by atoms with van der Waals surface area (Å²) in [6.07, 6.45) is 4.61. The highest BCUT2D eigenvalue weighted by molar-refractivity contribution is 5.98. The lowest BCUT2D eigenvalue weighted by molar-refractivity contribution is -0.119. The summed E-state index contributed by atoms with van der Waals surface area (Å²) in [6, 6.07) is 8.29. The highest BCUT2D eigenvalue weighted by Crippen LogP contribution is 2.36. The van der Waals surface area contributed by atoms with E-state index in [4.69, 9.17) is 0 Å². The van der Waals surface area contributed by atoms with E-state index in [0.29, 0.717) is 12.4 Å². The Morgan fingerprint density at radius 3 is 2.96 bits per heavy atom. The topological polar surface area (TPSA) is 86.8 Å². The fourth-order valence-electron chi connectivity index (χ4n) is 3.70. The molecule has 2 aliphatic rings. The maximum absolute atomic E-state index is 12.8. The maximum Gasteiger partial charge on any atom is 0.230 e. The van der Waals surface area contributed by atoms with Crippen LogP contribution in [0, 0.1) is 12.8 Å². The molecule has 1 unspecified atom stereocenters. The molecule has 5 rings (SSSR count). The molecule has 2 aromatic heterocycles.